The van der Waals surface area contributed by atoms with Crippen LogP contribution in [0.2, 0.25) is 0 Å². The number of para-hydroxylation sites is 1. The molecule has 1 heterocycles. The Morgan fingerprint density at radius 2 is 1.85 bits per heavy atom. The summed E-state index contributed by atoms with van der Waals surface area (Å²) in [4.78, 5) is 11.9. The number of fused-ring (bicyclic) bond motifs is 1. The van der Waals surface area contributed by atoms with E-state index in [1.165, 1.54) is 0 Å². The van der Waals surface area contributed by atoms with Crippen LogP contribution in [0.1, 0.15) is 5.56 Å². The predicted octanol–water partition coefficient (Wildman–Crippen LogP) is 3.31. The van der Waals surface area contributed by atoms with E-state index in [4.69, 9.17) is 4.74 Å². The van der Waals surface area contributed by atoms with Crippen LogP contribution in [0.25, 0.3) is 16.6 Å². The summed E-state index contributed by atoms with van der Waals surface area (Å²) in [6.07, 6.45) is 1.79. The van der Waals surface area contributed by atoms with Crippen LogP contribution in [-0.4, -0.2) is 11.7 Å². The second-order valence-corrected chi connectivity index (χ2v) is 4.74. The Morgan fingerprint density at radius 3 is 2.65 bits per heavy atom. The molecule has 0 radical (unpaired) electrons. The molecule has 100 valence electrons. The molecular weight excluding hydrogens is 250 g/mol. The number of methoxy groups -OCH3 is 1. The normalized spacial score (nSPS) is 10.7. The Morgan fingerprint density at radius 1 is 1.05 bits per heavy atom. The second kappa shape index (κ2) is 4.85. The third-order valence-corrected chi connectivity index (χ3v) is 3.40. The Balaban J connectivity index is 2.39. The van der Waals surface area contributed by atoms with E-state index in [2.05, 4.69) is 6.07 Å². The summed E-state index contributed by atoms with van der Waals surface area (Å²) in [7, 11) is 1.65. The van der Waals surface area contributed by atoms with Crippen molar-refractivity contribution >= 4 is 10.9 Å². The first-order valence-electron chi connectivity index (χ1n) is 6.46. The molecule has 0 fully saturated rings. The third-order valence-electron chi connectivity index (χ3n) is 3.40. The molecule has 0 saturated carbocycles. The van der Waals surface area contributed by atoms with Crippen LogP contribution in [0, 0.1) is 6.92 Å². The fraction of sp³-hybridized carbons (Fsp3) is 0.118. The summed E-state index contributed by atoms with van der Waals surface area (Å²) in [5.41, 5.74) is 2.99. The van der Waals surface area contributed by atoms with E-state index >= 15 is 0 Å². The van der Waals surface area contributed by atoms with E-state index in [0.717, 1.165) is 22.5 Å². The highest BCUT2D eigenvalue weighted by atomic mass is 16.5. The number of nitrogens with zero attached hydrogens (tertiary/aromatic N) is 1. The number of aromatic nitrogens is 1. The summed E-state index contributed by atoms with van der Waals surface area (Å²) in [6, 6.07) is 15.2. The van der Waals surface area contributed by atoms with Crippen molar-refractivity contribution in [1.29, 1.82) is 0 Å². The zero-order valence-electron chi connectivity index (χ0n) is 11.5. The van der Waals surface area contributed by atoms with Gasteiger partial charge in [0.05, 0.1) is 18.3 Å². The number of aryl methyl sites for hydroxylation is 1. The van der Waals surface area contributed by atoms with Gasteiger partial charge < -0.3 is 9.30 Å². The van der Waals surface area contributed by atoms with E-state index in [9.17, 15) is 4.79 Å². The van der Waals surface area contributed by atoms with Gasteiger partial charge in [0.15, 0.2) is 5.43 Å². The number of pyridine rings is 1. The van der Waals surface area contributed by atoms with Crippen LogP contribution in [0.5, 0.6) is 5.75 Å². The molecule has 0 saturated heterocycles. The van der Waals surface area contributed by atoms with Crippen molar-refractivity contribution in [2.45, 2.75) is 6.92 Å². The average Bonchev–Trinajstić information content (AvgIpc) is 2.48. The quantitative estimate of drug-likeness (QED) is 0.712. The highest BCUT2D eigenvalue weighted by Gasteiger charge is 2.08. The molecule has 2 aromatic carbocycles. The van der Waals surface area contributed by atoms with Crippen LogP contribution in [0.4, 0.5) is 0 Å². The lowest BCUT2D eigenvalue weighted by Gasteiger charge is -2.15. The molecule has 0 spiro atoms. The van der Waals surface area contributed by atoms with Crippen LogP contribution >= 0.6 is 0 Å². The van der Waals surface area contributed by atoms with Gasteiger partial charge in [0.25, 0.3) is 0 Å². The summed E-state index contributed by atoms with van der Waals surface area (Å²) in [5.74, 6) is 0.782. The van der Waals surface area contributed by atoms with Gasteiger partial charge in [-0.15, -0.1) is 0 Å². The van der Waals surface area contributed by atoms with Crippen LogP contribution in [0.3, 0.4) is 0 Å². The van der Waals surface area contributed by atoms with Gasteiger partial charge in [0, 0.05) is 17.6 Å². The molecule has 0 unspecified atom stereocenters. The first kappa shape index (κ1) is 12.5. The highest BCUT2D eigenvalue weighted by molar-refractivity contribution is 5.81. The molecule has 0 bridgehead atoms. The van der Waals surface area contributed by atoms with Crippen molar-refractivity contribution in [3.8, 4) is 11.4 Å². The van der Waals surface area contributed by atoms with Gasteiger partial charge in [-0.05, 0) is 36.8 Å². The number of hydrogen-bond acceptors (Lipinski definition) is 2. The highest BCUT2D eigenvalue weighted by Crippen LogP contribution is 2.26. The molecule has 3 nitrogen and oxygen atoms in total. The van der Waals surface area contributed by atoms with Gasteiger partial charge in [-0.25, -0.2) is 0 Å². The number of benzene rings is 2. The standard InChI is InChI=1S/C17H15NO2/c1-12-7-8-17(20-2)15(11-12)18-10-9-16(19)13-5-3-4-6-14(13)18/h3-11H,1-2H3. The van der Waals surface area contributed by atoms with E-state index < -0.39 is 0 Å². The SMILES string of the molecule is COc1ccc(C)cc1-n1ccc(=O)c2ccccc21. The Hall–Kier alpha value is -2.55. The van der Waals surface area contributed by atoms with Crippen molar-refractivity contribution in [2.24, 2.45) is 0 Å². The fourth-order valence-electron chi connectivity index (χ4n) is 2.40. The van der Waals surface area contributed by atoms with Gasteiger partial charge >= 0.3 is 0 Å². The molecule has 0 aliphatic heterocycles. The van der Waals surface area contributed by atoms with Gasteiger partial charge in [-0.1, -0.05) is 18.2 Å². The molecule has 1 aromatic heterocycles. The summed E-state index contributed by atoms with van der Waals surface area (Å²) < 4.78 is 7.42. The topological polar surface area (TPSA) is 31.2 Å². The minimum Gasteiger partial charge on any atom is -0.495 e. The molecule has 0 atom stereocenters. The van der Waals surface area contributed by atoms with Crippen molar-refractivity contribution in [1.82, 2.24) is 4.57 Å². The van der Waals surface area contributed by atoms with E-state index in [0.29, 0.717) is 5.39 Å². The van der Waals surface area contributed by atoms with Gasteiger partial charge in [0.2, 0.25) is 0 Å². The number of hydrogen-bond donors (Lipinski definition) is 0. The lowest BCUT2D eigenvalue weighted by molar-refractivity contribution is 0.413. The summed E-state index contributed by atoms with van der Waals surface area (Å²) >= 11 is 0. The number of rotatable bonds is 2. The molecule has 0 aliphatic rings. The molecule has 0 N–H and O–H groups in total. The van der Waals surface area contributed by atoms with Crippen LogP contribution in [-0.2, 0) is 0 Å². The molecular formula is C17H15NO2. The van der Waals surface area contributed by atoms with Gasteiger partial charge in [-0.3, -0.25) is 4.79 Å². The van der Waals surface area contributed by atoms with Gasteiger partial charge in [0.1, 0.15) is 5.75 Å². The van der Waals surface area contributed by atoms with E-state index in [1.807, 2.05) is 47.9 Å². The summed E-state index contributed by atoms with van der Waals surface area (Å²) in [6.45, 7) is 2.04. The van der Waals surface area contributed by atoms with Crippen molar-refractivity contribution in [2.75, 3.05) is 7.11 Å². The zero-order chi connectivity index (χ0) is 14.1. The van der Waals surface area contributed by atoms with Gasteiger partial charge in [-0.2, -0.15) is 0 Å². The lowest BCUT2D eigenvalue weighted by Crippen LogP contribution is -2.07. The maximum absolute atomic E-state index is 11.9. The maximum atomic E-state index is 11.9. The zero-order valence-corrected chi connectivity index (χ0v) is 11.5. The van der Waals surface area contributed by atoms with E-state index in [-0.39, 0.29) is 5.43 Å². The first-order chi connectivity index (χ1) is 9.70. The smallest absolute Gasteiger partial charge is 0.189 e. The lowest BCUT2D eigenvalue weighted by atomic mass is 10.1. The number of ether oxygens (including phenoxy) is 1. The van der Waals surface area contributed by atoms with Crippen LogP contribution < -0.4 is 10.2 Å². The van der Waals surface area contributed by atoms with E-state index in [1.54, 1.807) is 19.4 Å². The minimum absolute atomic E-state index is 0.0310. The molecule has 0 amide bonds. The molecule has 3 rings (SSSR count). The van der Waals surface area contributed by atoms with Crippen molar-refractivity contribution in [3.05, 3.63) is 70.5 Å². The van der Waals surface area contributed by atoms with Crippen molar-refractivity contribution in [3.63, 3.8) is 0 Å². The molecule has 20 heavy (non-hydrogen) atoms. The second-order valence-electron chi connectivity index (χ2n) is 4.74. The monoisotopic (exact) mass is 265 g/mol. The molecule has 3 aromatic rings. The van der Waals surface area contributed by atoms with Crippen LogP contribution in [0.15, 0.2) is 59.5 Å². The Labute approximate surface area is 117 Å². The average molecular weight is 265 g/mol. The maximum Gasteiger partial charge on any atom is 0.189 e. The third kappa shape index (κ3) is 1.97. The predicted molar refractivity (Wildman–Crippen MR) is 80.8 cm³/mol. The van der Waals surface area contributed by atoms with Crippen molar-refractivity contribution < 1.29 is 4.74 Å². The first-order valence-corrected chi connectivity index (χ1v) is 6.46. The summed E-state index contributed by atoms with van der Waals surface area (Å²) in [5, 5.41) is 0.707. The fourth-order valence-corrected chi connectivity index (χ4v) is 2.40. The Bertz CT molecular complexity index is 834. The largest absolute Gasteiger partial charge is 0.495 e. The minimum atomic E-state index is 0.0310. The Kier molecular flexibility index (Phi) is 3.03. The molecule has 3 heteroatoms. The molecule has 0 aliphatic carbocycles.